The summed E-state index contributed by atoms with van der Waals surface area (Å²) in [5, 5.41) is 18.2. The second-order valence-corrected chi connectivity index (χ2v) is 5.17. The number of carbonyl (C=O) groups is 2. The van der Waals surface area contributed by atoms with Crippen molar-refractivity contribution in [1.82, 2.24) is 5.32 Å². The quantitative estimate of drug-likeness (QED) is 0.648. The second kappa shape index (κ2) is 11.0. The zero-order valence-corrected chi connectivity index (χ0v) is 14.2. The molecule has 0 aliphatic rings. The van der Waals surface area contributed by atoms with Gasteiger partial charge in [-0.25, -0.2) is 9.59 Å². The van der Waals surface area contributed by atoms with Crippen LogP contribution in [0.15, 0.2) is 22.7 Å². The predicted octanol–water partition coefficient (Wildman–Crippen LogP) is 1.74. The molecule has 8 heteroatoms. The minimum absolute atomic E-state index is 0.353. The summed E-state index contributed by atoms with van der Waals surface area (Å²) in [7, 11) is 3.38. The third-order valence-corrected chi connectivity index (χ3v) is 3.09. The third kappa shape index (κ3) is 8.60. The molecule has 7 nitrogen and oxygen atoms in total. The lowest BCUT2D eigenvalue weighted by molar-refractivity contribution is -0.159. The number of hydrogen-bond donors (Lipinski definition) is 3. The third-order valence-electron chi connectivity index (χ3n) is 2.47. The van der Waals surface area contributed by atoms with E-state index in [9.17, 15) is 0 Å². The maximum Gasteiger partial charge on any atom is 0.414 e. The maximum atomic E-state index is 9.10. The van der Waals surface area contributed by atoms with E-state index >= 15 is 0 Å². The van der Waals surface area contributed by atoms with Gasteiger partial charge >= 0.3 is 11.9 Å². The second-order valence-electron chi connectivity index (χ2n) is 4.32. The largest absolute Gasteiger partial charge is 0.496 e. The summed E-state index contributed by atoms with van der Waals surface area (Å²) < 4.78 is 11.2. The Kier molecular flexibility index (Phi) is 10.2. The number of aliphatic carboxylic acids is 2. The molecule has 1 aromatic rings. The first-order valence-corrected chi connectivity index (χ1v) is 7.12. The van der Waals surface area contributed by atoms with Crippen molar-refractivity contribution in [3.63, 3.8) is 0 Å². The molecule has 1 rings (SSSR count). The highest BCUT2D eigenvalue weighted by molar-refractivity contribution is 9.10. The molecule has 0 spiro atoms. The summed E-state index contributed by atoms with van der Waals surface area (Å²) in [6.07, 6.45) is 0. The van der Waals surface area contributed by atoms with E-state index in [2.05, 4.69) is 40.3 Å². The van der Waals surface area contributed by atoms with Crippen LogP contribution in [-0.2, 0) is 20.9 Å². The summed E-state index contributed by atoms with van der Waals surface area (Å²) >= 11 is 3.47. The summed E-state index contributed by atoms with van der Waals surface area (Å²) in [5.41, 5.74) is 1.22. The van der Waals surface area contributed by atoms with Gasteiger partial charge in [0.25, 0.3) is 0 Å². The van der Waals surface area contributed by atoms with Crippen molar-refractivity contribution < 1.29 is 29.3 Å². The van der Waals surface area contributed by atoms with Crippen LogP contribution in [0.1, 0.15) is 12.5 Å². The SMILES string of the molecule is COCC(C)NCc1ccc(OC)c(Br)c1.O=C(O)C(=O)O. The molecule has 1 atom stereocenters. The zero-order valence-electron chi connectivity index (χ0n) is 12.6. The molecule has 22 heavy (non-hydrogen) atoms. The lowest BCUT2D eigenvalue weighted by Gasteiger charge is -2.13. The average Bonchev–Trinajstić information content (AvgIpc) is 2.46. The lowest BCUT2D eigenvalue weighted by atomic mass is 10.2. The van der Waals surface area contributed by atoms with E-state index in [4.69, 9.17) is 29.3 Å². The predicted molar refractivity (Wildman–Crippen MR) is 84.1 cm³/mol. The molecule has 0 aliphatic carbocycles. The monoisotopic (exact) mass is 377 g/mol. The van der Waals surface area contributed by atoms with Crippen molar-refractivity contribution in [3.05, 3.63) is 28.2 Å². The minimum atomic E-state index is -1.82. The number of hydrogen-bond acceptors (Lipinski definition) is 5. The van der Waals surface area contributed by atoms with Crippen LogP contribution in [-0.4, -0.2) is 49.0 Å². The van der Waals surface area contributed by atoms with E-state index in [0.29, 0.717) is 6.04 Å². The van der Waals surface area contributed by atoms with Gasteiger partial charge in [-0.1, -0.05) is 6.07 Å². The van der Waals surface area contributed by atoms with Gasteiger partial charge in [-0.05, 0) is 40.5 Å². The van der Waals surface area contributed by atoms with Crippen LogP contribution in [0, 0.1) is 0 Å². The molecule has 0 aromatic heterocycles. The maximum absolute atomic E-state index is 9.10. The summed E-state index contributed by atoms with van der Waals surface area (Å²) in [6, 6.07) is 6.43. The molecular weight excluding hydrogens is 358 g/mol. The fourth-order valence-corrected chi connectivity index (χ4v) is 2.01. The number of halogens is 1. The van der Waals surface area contributed by atoms with E-state index in [0.717, 1.165) is 23.4 Å². The molecule has 0 heterocycles. The molecule has 124 valence electrons. The van der Waals surface area contributed by atoms with Crippen LogP contribution in [0.3, 0.4) is 0 Å². The van der Waals surface area contributed by atoms with Crippen LogP contribution in [0.4, 0.5) is 0 Å². The number of carboxylic acids is 2. The number of carboxylic acid groups (broad SMARTS) is 2. The van der Waals surface area contributed by atoms with Crippen molar-refractivity contribution in [2.45, 2.75) is 19.5 Å². The molecule has 0 bridgehead atoms. The summed E-state index contributed by atoms with van der Waals surface area (Å²) in [5.74, 6) is -2.79. The first kappa shape index (κ1) is 20.4. The Balaban J connectivity index is 0.000000626. The number of benzene rings is 1. The number of ether oxygens (including phenoxy) is 2. The highest BCUT2D eigenvalue weighted by Crippen LogP contribution is 2.25. The van der Waals surface area contributed by atoms with E-state index in [1.807, 2.05) is 6.07 Å². The average molecular weight is 378 g/mol. The molecular formula is C14H20BrNO6. The van der Waals surface area contributed by atoms with Crippen molar-refractivity contribution in [1.29, 1.82) is 0 Å². The van der Waals surface area contributed by atoms with Gasteiger partial charge in [-0.15, -0.1) is 0 Å². The van der Waals surface area contributed by atoms with Gasteiger partial charge in [0.2, 0.25) is 0 Å². The Morgan fingerprint density at radius 3 is 2.27 bits per heavy atom. The first-order chi connectivity index (χ1) is 10.3. The van der Waals surface area contributed by atoms with Crippen LogP contribution in [0.2, 0.25) is 0 Å². The molecule has 0 saturated heterocycles. The standard InChI is InChI=1S/C12H18BrNO2.C2H2O4/c1-9(8-15-2)14-7-10-4-5-12(16-3)11(13)6-10;3-1(4)2(5)6/h4-6,9,14H,7-8H2,1-3H3;(H,3,4)(H,5,6). The van der Waals surface area contributed by atoms with Gasteiger partial charge in [0.05, 0.1) is 18.2 Å². The molecule has 0 aliphatic heterocycles. The molecule has 0 saturated carbocycles. The van der Waals surface area contributed by atoms with Crippen molar-refractivity contribution >= 4 is 27.9 Å². The fourth-order valence-electron chi connectivity index (χ4n) is 1.42. The molecule has 0 amide bonds. The van der Waals surface area contributed by atoms with Gasteiger partial charge in [0.1, 0.15) is 5.75 Å². The van der Waals surface area contributed by atoms with E-state index in [1.165, 1.54) is 5.56 Å². The minimum Gasteiger partial charge on any atom is -0.496 e. The van der Waals surface area contributed by atoms with Crippen LogP contribution >= 0.6 is 15.9 Å². The van der Waals surface area contributed by atoms with Crippen molar-refractivity contribution in [2.75, 3.05) is 20.8 Å². The fraction of sp³-hybridized carbons (Fsp3) is 0.429. The van der Waals surface area contributed by atoms with Gasteiger partial charge in [0, 0.05) is 19.7 Å². The Bertz CT molecular complexity index is 482. The highest BCUT2D eigenvalue weighted by Gasteiger charge is 2.04. The van der Waals surface area contributed by atoms with E-state index < -0.39 is 11.9 Å². The molecule has 0 radical (unpaired) electrons. The first-order valence-electron chi connectivity index (χ1n) is 6.32. The highest BCUT2D eigenvalue weighted by atomic mass is 79.9. The van der Waals surface area contributed by atoms with Gasteiger partial charge in [-0.2, -0.15) is 0 Å². The number of methoxy groups -OCH3 is 2. The van der Waals surface area contributed by atoms with Gasteiger partial charge in [0.15, 0.2) is 0 Å². The van der Waals surface area contributed by atoms with Gasteiger partial charge < -0.3 is 25.0 Å². The molecule has 1 unspecified atom stereocenters. The normalized spacial score (nSPS) is 11.1. The number of nitrogens with one attached hydrogen (secondary N) is 1. The van der Waals surface area contributed by atoms with Gasteiger partial charge in [-0.3, -0.25) is 0 Å². The summed E-state index contributed by atoms with van der Waals surface area (Å²) in [6.45, 7) is 3.65. The zero-order chi connectivity index (χ0) is 17.1. The Morgan fingerprint density at radius 1 is 1.27 bits per heavy atom. The number of rotatable bonds is 6. The van der Waals surface area contributed by atoms with E-state index in [-0.39, 0.29) is 0 Å². The van der Waals surface area contributed by atoms with Crippen molar-refractivity contribution in [3.8, 4) is 5.75 Å². The Hall–Kier alpha value is -1.64. The Morgan fingerprint density at radius 2 is 1.86 bits per heavy atom. The summed E-state index contributed by atoms with van der Waals surface area (Å²) in [4.78, 5) is 18.2. The molecule has 3 N–H and O–H groups in total. The lowest BCUT2D eigenvalue weighted by Crippen LogP contribution is -2.29. The van der Waals surface area contributed by atoms with Crippen LogP contribution in [0.25, 0.3) is 0 Å². The van der Waals surface area contributed by atoms with Crippen LogP contribution in [0.5, 0.6) is 5.75 Å². The van der Waals surface area contributed by atoms with E-state index in [1.54, 1.807) is 14.2 Å². The van der Waals surface area contributed by atoms with Crippen LogP contribution < -0.4 is 10.1 Å². The molecule has 1 aromatic carbocycles. The Labute approximate surface area is 137 Å². The van der Waals surface area contributed by atoms with Crippen molar-refractivity contribution in [2.24, 2.45) is 0 Å². The topological polar surface area (TPSA) is 105 Å². The molecule has 0 fully saturated rings. The smallest absolute Gasteiger partial charge is 0.414 e.